The molecule has 2 unspecified atom stereocenters. The molecule has 112 valence electrons. The number of carboxylic acids is 1. The van der Waals surface area contributed by atoms with Gasteiger partial charge >= 0.3 is 5.97 Å². The van der Waals surface area contributed by atoms with Gasteiger partial charge in [-0.25, -0.2) is 4.79 Å². The second kappa shape index (κ2) is 6.26. The van der Waals surface area contributed by atoms with E-state index in [0.29, 0.717) is 29.9 Å². The number of nitrogens with zero attached hydrogens (tertiary/aromatic N) is 2. The molecule has 20 heavy (non-hydrogen) atoms. The SMILES string of the molecule is Cc1nn(C)c(NCC2CCCCC2CO)c1C(=O)O. The highest BCUT2D eigenvalue weighted by atomic mass is 16.4. The van der Waals surface area contributed by atoms with Crippen LogP contribution in [0, 0.1) is 18.8 Å². The molecule has 1 heterocycles. The van der Waals surface area contributed by atoms with Gasteiger partial charge in [0.15, 0.2) is 0 Å². The van der Waals surface area contributed by atoms with Crippen molar-refractivity contribution in [2.45, 2.75) is 32.6 Å². The normalized spacial score (nSPS) is 22.8. The third kappa shape index (κ3) is 2.95. The van der Waals surface area contributed by atoms with Gasteiger partial charge in [0, 0.05) is 20.2 Å². The van der Waals surface area contributed by atoms with E-state index in [1.54, 1.807) is 18.7 Å². The highest BCUT2D eigenvalue weighted by Crippen LogP contribution is 2.30. The van der Waals surface area contributed by atoms with Crippen LogP contribution in [-0.2, 0) is 7.05 Å². The Morgan fingerprint density at radius 1 is 1.40 bits per heavy atom. The Morgan fingerprint density at radius 3 is 2.65 bits per heavy atom. The first-order valence-corrected chi connectivity index (χ1v) is 7.16. The van der Waals surface area contributed by atoms with Gasteiger partial charge in [0.25, 0.3) is 0 Å². The molecule has 6 heteroatoms. The molecule has 1 aromatic heterocycles. The van der Waals surface area contributed by atoms with Gasteiger partial charge in [-0.15, -0.1) is 0 Å². The Balaban J connectivity index is 2.08. The van der Waals surface area contributed by atoms with E-state index < -0.39 is 5.97 Å². The van der Waals surface area contributed by atoms with Crippen molar-refractivity contribution in [2.75, 3.05) is 18.5 Å². The third-order valence-electron chi connectivity index (χ3n) is 4.27. The maximum absolute atomic E-state index is 11.3. The fraction of sp³-hybridized carbons (Fsp3) is 0.714. The van der Waals surface area contributed by atoms with Gasteiger partial charge in [-0.05, 0) is 31.6 Å². The van der Waals surface area contributed by atoms with E-state index in [1.165, 1.54) is 12.8 Å². The van der Waals surface area contributed by atoms with Crippen LogP contribution in [0.4, 0.5) is 5.82 Å². The standard InChI is InChI=1S/C14H23N3O3/c1-9-12(14(19)20)13(17(2)16-9)15-7-10-5-3-4-6-11(10)8-18/h10-11,15,18H,3-8H2,1-2H3,(H,19,20). The van der Waals surface area contributed by atoms with Crippen LogP contribution in [0.15, 0.2) is 0 Å². The number of rotatable bonds is 5. The summed E-state index contributed by atoms with van der Waals surface area (Å²) in [7, 11) is 1.74. The number of hydrogen-bond acceptors (Lipinski definition) is 4. The van der Waals surface area contributed by atoms with E-state index in [2.05, 4.69) is 10.4 Å². The lowest BCUT2D eigenvalue weighted by Gasteiger charge is -2.30. The Bertz CT molecular complexity index is 484. The predicted molar refractivity (Wildman–Crippen MR) is 75.9 cm³/mol. The maximum atomic E-state index is 11.3. The van der Waals surface area contributed by atoms with Crippen LogP contribution in [-0.4, -0.2) is 39.1 Å². The lowest BCUT2D eigenvalue weighted by atomic mass is 9.79. The molecule has 1 aromatic rings. The first-order valence-electron chi connectivity index (χ1n) is 7.16. The van der Waals surface area contributed by atoms with Crippen molar-refractivity contribution in [2.24, 2.45) is 18.9 Å². The van der Waals surface area contributed by atoms with E-state index >= 15 is 0 Å². The lowest BCUT2D eigenvalue weighted by Crippen LogP contribution is -2.29. The molecule has 1 aliphatic carbocycles. The molecular formula is C14H23N3O3. The van der Waals surface area contributed by atoms with Crippen LogP contribution in [0.25, 0.3) is 0 Å². The fourth-order valence-electron chi connectivity index (χ4n) is 3.14. The Morgan fingerprint density at radius 2 is 2.05 bits per heavy atom. The summed E-state index contributed by atoms with van der Waals surface area (Å²) in [6, 6.07) is 0. The van der Waals surface area contributed by atoms with Crippen molar-refractivity contribution in [3.63, 3.8) is 0 Å². The number of hydrogen-bond donors (Lipinski definition) is 3. The van der Waals surface area contributed by atoms with Gasteiger partial charge in [0.2, 0.25) is 0 Å². The number of nitrogens with one attached hydrogen (secondary N) is 1. The number of aromatic carboxylic acids is 1. The van der Waals surface area contributed by atoms with E-state index in [9.17, 15) is 15.0 Å². The molecule has 1 aliphatic rings. The number of carboxylic acid groups (broad SMARTS) is 1. The van der Waals surface area contributed by atoms with Gasteiger partial charge in [0.1, 0.15) is 11.4 Å². The molecule has 0 radical (unpaired) electrons. The van der Waals surface area contributed by atoms with E-state index in [1.807, 2.05) is 0 Å². The summed E-state index contributed by atoms with van der Waals surface area (Å²) >= 11 is 0. The van der Waals surface area contributed by atoms with Gasteiger partial charge in [-0.1, -0.05) is 12.8 Å². The minimum absolute atomic E-state index is 0.211. The monoisotopic (exact) mass is 281 g/mol. The molecule has 1 fully saturated rings. The summed E-state index contributed by atoms with van der Waals surface area (Å²) in [5.74, 6) is 0.308. The molecule has 2 rings (SSSR count). The molecule has 1 saturated carbocycles. The van der Waals surface area contributed by atoms with Crippen molar-refractivity contribution in [3.8, 4) is 0 Å². The zero-order valence-electron chi connectivity index (χ0n) is 12.1. The quantitative estimate of drug-likeness (QED) is 0.763. The smallest absolute Gasteiger partial charge is 0.341 e. The minimum Gasteiger partial charge on any atom is -0.477 e. The molecule has 3 N–H and O–H groups in total. The van der Waals surface area contributed by atoms with Crippen molar-refractivity contribution in [1.29, 1.82) is 0 Å². The molecule has 6 nitrogen and oxygen atoms in total. The number of aryl methyl sites for hydroxylation is 2. The van der Waals surface area contributed by atoms with Crippen molar-refractivity contribution in [1.82, 2.24) is 9.78 Å². The average molecular weight is 281 g/mol. The van der Waals surface area contributed by atoms with E-state index in [4.69, 9.17) is 0 Å². The second-order valence-electron chi connectivity index (χ2n) is 5.61. The zero-order valence-corrected chi connectivity index (χ0v) is 12.1. The van der Waals surface area contributed by atoms with Gasteiger partial charge < -0.3 is 15.5 Å². The van der Waals surface area contributed by atoms with Crippen molar-refractivity contribution in [3.05, 3.63) is 11.3 Å². The number of aliphatic hydroxyl groups excluding tert-OH is 1. The number of anilines is 1. The second-order valence-corrected chi connectivity index (χ2v) is 5.61. The van der Waals surface area contributed by atoms with Crippen LogP contribution in [0.3, 0.4) is 0 Å². The summed E-state index contributed by atoms with van der Waals surface area (Å²) < 4.78 is 1.58. The van der Waals surface area contributed by atoms with Gasteiger partial charge in [-0.3, -0.25) is 4.68 Å². The number of aromatic nitrogens is 2. The molecule has 0 spiro atoms. The van der Waals surface area contributed by atoms with E-state index in [0.717, 1.165) is 12.8 Å². The Labute approximate surface area is 118 Å². The molecule has 0 aliphatic heterocycles. The minimum atomic E-state index is -0.958. The average Bonchev–Trinajstić information content (AvgIpc) is 2.71. The van der Waals surface area contributed by atoms with E-state index in [-0.39, 0.29) is 12.2 Å². The topological polar surface area (TPSA) is 87.4 Å². The van der Waals surface area contributed by atoms with Gasteiger partial charge in [-0.2, -0.15) is 5.10 Å². The molecular weight excluding hydrogens is 258 g/mol. The van der Waals surface area contributed by atoms with Crippen LogP contribution in [0.5, 0.6) is 0 Å². The van der Waals surface area contributed by atoms with Gasteiger partial charge in [0.05, 0.1) is 5.69 Å². The van der Waals surface area contributed by atoms with Crippen molar-refractivity contribution >= 4 is 11.8 Å². The largest absolute Gasteiger partial charge is 0.477 e. The predicted octanol–water partition coefficient (Wildman–Crippen LogP) is 1.64. The summed E-state index contributed by atoms with van der Waals surface area (Å²) in [6.45, 7) is 2.60. The molecule has 0 saturated heterocycles. The highest BCUT2D eigenvalue weighted by Gasteiger charge is 2.26. The Kier molecular flexibility index (Phi) is 4.65. The molecule has 0 amide bonds. The van der Waals surface area contributed by atoms with Crippen LogP contribution in [0.2, 0.25) is 0 Å². The summed E-state index contributed by atoms with van der Waals surface area (Å²) in [5, 5.41) is 26.1. The van der Waals surface area contributed by atoms with Crippen LogP contribution < -0.4 is 5.32 Å². The summed E-state index contributed by atoms with van der Waals surface area (Å²) in [5.41, 5.74) is 0.758. The Hall–Kier alpha value is -1.56. The first kappa shape index (κ1) is 14.8. The molecule has 0 bridgehead atoms. The molecule has 2 atom stereocenters. The number of carbonyl (C=O) groups is 1. The fourth-order valence-corrected chi connectivity index (χ4v) is 3.14. The lowest BCUT2D eigenvalue weighted by molar-refractivity contribution is 0.0697. The van der Waals surface area contributed by atoms with Crippen molar-refractivity contribution < 1.29 is 15.0 Å². The first-order chi connectivity index (χ1) is 9.54. The zero-order chi connectivity index (χ0) is 14.7. The summed E-state index contributed by atoms with van der Waals surface area (Å²) in [6.07, 6.45) is 4.49. The third-order valence-corrected chi connectivity index (χ3v) is 4.27. The van der Waals surface area contributed by atoms with Crippen LogP contribution >= 0.6 is 0 Å². The highest BCUT2D eigenvalue weighted by molar-refractivity contribution is 5.94. The maximum Gasteiger partial charge on any atom is 0.341 e. The van der Waals surface area contributed by atoms with Crippen LogP contribution in [0.1, 0.15) is 41.7 Å². The number of aliphatic hydroxyl groups is 1. The summed E-state index contributed by atoms with van der Waals surface area (Å²) in [4.78, 5) is 11.3. The molecule has 0 aromatic carbocycles.